The number of aromatic nitrogens is 4. The van der Waals surface area contributed by atoms with Gasteiger partial charge in [0.25, 0.3) is 0 Å². The summed E-state index contributed by atoms with van der Waals surface area (Å²) in [7, 11) is 0. The second-order valence-corrected chi connectivity index (χ2v) is 5.06. The molecule has 2 aromatic rings. The van der Waals surface area contributed by atoms with Crippen molar-refractivity contribution in [2.24, 2.45) is 0 Å². The summed E-state index contributed by atoms with van der Waals surface area (Å²) in [5.41, 5.74) is 0.986. The number of nitrogens with one attached hydrogen (secondary N) is 1. The van der Waals surface area contributed by atoms with Gasteiger partial charge in [0, 0.05) is 17.6 Å². The molecule has 0 aromatic carbocycles. The summed E-state index contributed by atoms with van der Waals surface area (Å²) in [5, 5.41) is 22.4. The Bertz CT molecular complexity index is 565. The van der Waals surface area contributed by atoms with E-state index in [1.807, 2.05) is 19.2 Å². The molecule has 0 aliphatic heterocycles. The van der Waals surface area contributed by atoms with Gasteiger partial charge >= 0.3 is 5.97 Å². The second-order valence-electron chi connectivity index (χ2n) is 4.17. The molecule has 0 amide bonds. The molecule has 0 fully saturated rings. The summed E-state index contributed by atoms with van der Waals surface area (Å²) in [6.07, 6.45) is 1.42. The maximum absolute atomic E-state index is 10.6. The normalized spacial score (nSPS) is 12.5. The first kappa shape index (κ1) is 13.6. The zero-order valence-corrected chi connectivity index (χ0v) is 11.5. The molecule has 0 bridgehead atoms. The van der Waals surface area contributed by atoms with Crippen LogP contribution in [0, 0.1) is 6.92 Å². The number of rotatable bonds is 6. The van der Waals surface area contributed by atoms with Gasteiger partial charge in [0.1, 0.15) is 5.01 Å². The molecule has 7 nitrogen and oxygen atoms in total. The Morgan fingerprint density at radius 1 is 1.63 bits per heavy atom. The first-order valence-electron chi connectivity index (χ1n) is 5.85. The molecule has 0 spiro atoms. The standard InChI is InChI=1S/C11H15N5O2S/c1-7-6-19-10(13-7)8(2)12-3-4-16-5-9(11(17)18)14-15-16/h5-6,8,12H,3-4H2,1-2H3,(H,17,18). The fourth-order valence-electron chi connectivity index (χ4n) is 1.56. The molecule has 0 aliphatic rings. The maximum Gasteiger partial charge on any atom is 0.358 e. The van der Waals surface area contributed by atoms with Crippen molar-refractivity contribution in [1.82, 2.24) is 25.3 Å². The van der Waals surface area contributed by atoms with E-state index in [1.54, 1.807) is 11.3 Å². The van der Waals surface area contributed by atoms with Gasteiger partial charge in [-0.15, -0.1) is 16.4 Å². The molecule has 1 atom stereocenters. The van der Waals surface area contributed by atoms with E-state index in [2.05, 4.69) is 20.6 Å². The summed E-state index contributed by atoms with van der Waals surface area (Å²) in [6, 6.07) is 0.168. The number of nitrogens with zero attached hydrogens (tertiary/aromatic N) is 4. The molecule has 102 valence electrons. The van der Waals surface area contributed by atoms with Crippen molar-refractivity contribution in [1.29, 1.82) is 0 Å². The molecule has 19 heavy (non-hydrogen) atoms. The van der Waals surface area contributed by atoms with Gasteiger partial charge in [0.15, 0.2) is 5.69 Å². The van der Waals surface area contributed by atoms with Gasteiger partial charge in [-0.25, -0.2) is 9.78 Å². The lowest BCUT2D eigenvalue weighted by Crippen LogP contribution is -2.23. The Kier molecular flexibility index (Phi) is 4.23. The number of hydrogen-bond acceptors (Lipinski definition) is 6. The zero-order chi connectivity index (χ0) is 13.8. The number of aryl methyl sites for hydroxylation is 1. The molecule has 2 aromatic heterocycles. The van der Waals surface area contributed by atoms with Gasteiger partial charge in [-0.1, -0.05) is 5.21 Å². The molecule has 0 aliphatic carbocycles. The van der Waals surface area contributed by atoms with E-state index < -0.39 is 5.97 Å². The topological polar surface area (TPSA) is 92.9 Å². The van der Waals surface area contributed by atoms with E-state index in [0.717, 1.165) is 10.7 Å². The van der Waals surface area contributed by atoms with Gasteiger partial charge in [0.05, 0.1) is 18.8 Å². The first-order chi connectivity index (χ1) is 9.06. The summed E-state index contributed by atoms with van der Waals surface area (Å²) >= 11 is 1.63. The van der Waals surface area contributed by atoms with Crippen LogP contribution in [-0.4, -0.2) is 37.6 Å². The van der Waals surface area contributed by atoms with Gasteiger partial charge in [-0.05, 0) is 13.8 Å². The van der Waals surface area contributed by atoms with Crippen LogP contribution in [0.2, 0.25) is 0 Å². The predicted octanol–water partition coefficient (Wildman–Crippen LogP) is 1.09. The minimum atomic E-state index is -1.06. The lowest BCUT2D eigenvalue weighted by molar-refractivity contribution is 0.0690. The first-order valence-corrected chi connectivity index (χ1v) is 6.73. The van der Waals surface area contributed by atoms with E-state index in [1.165, 1.54) is 10.9 Å². The van der Waals surface area contributed by atoms with Crippen molar-refractivity contribution in [3.63, 3.8) is 0 Å². The Hall–Kier alpha value is -1.80. The average Bonchev–Trinajstić information content (AvgIpc) is 2.98. The molecule has 2 heterocycles. The number of carboxylic acids is 1. The third-order valence-electron chi connectivity index (χ3n) is 2.56. The van der Waals surface area contributed by atoms with Crippen molar-refractivity contribution < 1.29 is 9.90 Å². The van der Waals surface area contributed by atoms with Crippen LogP contribution in [0.3, 0.4) is 0 Å². The summed E-state index contributed by atoms with van der Waals surface area (Å²) in [6.45, 7) is 5.25. The third-order valence-corrected chi connectivity index (χ3v) is 3.70. The molecule has 0 saturated carbocycles. The predicted molar refractivity (Wildman–Crippen MR) is 70.3 cm³/mol. The van der Waals surface area contributed by atoms with E-state index in [-0.39, 0.29) is 11.7 Å². The maximum atomic E-state index is 10.6. The number of hydrogen-bond donors (Lipinski definition) is 2. The third kappa shape index (κ3) is 3.58. The van der Waals surface area contributed by atoms with Crippen LogP contribution in [0.25, 0.3) is 0 Å². The van der Waals surface area contributed by atoms with Crippen LogP contribution < -0.4 is 5.32 Å². The van der Waals surface area contributed by atoms with E-state index >= 15 is 0 Å². The molecule has 8 heteroatoms. The molecule has 2 rings (SSSR count). The second kappa shape index (κ2) is 5.89. The highest BCUT2D eigenvalue weighted by atomic mass is 32.1. The monoisotopic (exact) mass is 281 g/mol. The molecule has 0 saturated heterocycles. The van der Waals surface area contributed by atoms with Crippen LogP contribution in [0.15, 0.2) is 11.6 Å². The summed E-state index contributed by atoms with van der Waals surface area (Å²) in [5.74, 6) is -1.06. The van der Waals surface area contributed by atoms with Crippen LogP contribution in [0.4, 0.5) is 0 Å². The lowest BCUT2D eigenvalue weighted by atomic mass is 10.3. The van der Waals surface area contributed by atoms with E-state index in [9.17, 15) is 4.79 Å². The van der Waals surface area contributed by atoms with Crippen LogP contribution in [0.1, 0.15) is 34.2 Å². The summed E-state index contributed by atoms with van der Waals surface area (Å²) in [4.78, 5) is 15.1. The van der Waals surface area contributed by atoms with Crippen LogP contribution in [0.5, 0.6) is 0 Å². The van der Waals surface area contributed by atoms with Crippen molar-refractivity contribution in [3.05, 3.63) is 28.0 Å². The highest BCUT2D eigenvalue weighted by Gasteiger charge is 2.10. The van der Waals surface area contributed by atoms with Gasteiger partial charge in [0.2, 0.25) is 0 Å². The smallest absolute Gasteiger partial charge is 0.358 e. The van der Waals surface area contributed by atoms with Crippen LogP contribution >= 0.6 is 11.3 Å². The highest BCUT2D eigenvalue weighted by molar-refractivity contribution is 7.09. The summed E-state index contributed by atoms with van der Waals surface area (Å²) < 4.78 is 1.51. The lowest BCUT2D eigenvalue weighted by Gasteiger charge is -2.10. The number of aromatic carboxylic acids is 1. The van der Waals surface area contributed by atoms with E-state index in [0.29, 0.717) is 13.1 Å². The Labute approximate surface area is 114 Å². The molecule has 1 unspecified atom stereocenters. The fraction of sp³-hybridized carbons (Fsp3) is 0.455. The van der Waals surface area contributed by atoms with Crippen molar-refractivity contribution in [2.45, 2.75) is 26.4 Å². The number of carbonyl (C=O) groups is 1. The molecule has 0 radical (unpaired) electrons. The number of thiazole rings is 1. The minimum Gasteiger partial charge on any atom is -0.476 e. The van der Waals surface area contributed by atoms with Crippen LogP contribution in [-0.2, 0) is 6.54 Å². The van der Waals surface area contributed by atoms with Crippen molar-refractivity contribution >= 4 is 17.3 Å². The largest absolute Gasteiger partial charge is 0.476 e. The average molecular weight is 281 g/mol. The Balaban J connectivity index is 1.81. The zero-order valence-electron chi connectivity index (χ0n) is 10.7. The van der Waals surface area contributed by atoms with Gasteiger partial charge in [-0.3, -0.25) is 4.68 Å². The van der Waals surface area contributed by atoms with Gasteiger partial charge in [-0.2, -0.15) is 0 Å². The van der Waals surface area contributed by atoms with Crippen molar-refractivity contribution in [2.75, 3.05) is 6.54 Å². The highest BCUT2D eigenvalue weighted by Crippen LogP contribution is 2.16. The minimum absolute atomic E-state index is 0.0383. The fourth-order valence-corrected chi connectivity index (χ4v) is 2.39. The van der Waals surface area contributed by atoms with E-state index in [4.69, 9.17) is 5.11 Å². The van der Waals surface area contributed by atoms with Crippen molar-refractivity contribution in [3.8, 4) is 0 Å². The Morgan fingerprint density at radius 2 is 2.42 bits per heavy atom. The number of carboxylic acid groups (broad SMARTS) is 1. The molecule has 2 N–H and O–H groups in total. The molecular weight excluding hydrogens is 266 g/mol. The SMILES string of the molecule is Cc1csc(C(C)NCCn2cc(C(=O)O)nn2)n1. The van der Waals surface area contributed by atoms with Gasteiger partial charge < -0.3 is 10.4 Å². The Morgan fingerprint density at radius 3 is 3.00 bits per heavy atom. The molecular formula is C11H15N5O2S. The quantitative estimate of drug-likeness (QED) is 0.823.